The summed E-state index contributed by atoms with van der Waals surface area (Å²) in [5.74, 6) is -0.580. The van der Waals surface area contributed by atoms with Crippen molar-refractivity contribution in [3.05, 3.63) is 59.4 Å². The molecule has 0 fully saturated rings. The number of hydrogen-bond donors (Lipinski definition) is 1. The Morgan fingerprint density at radius 3 is 2.62 bits per heavy atom. The van der Waals surface area contributed by atoms with Crippen molar-refractivity contribution in [2.45, 2.75) is 13.3 Å². The molecule has 0 spiro atoms. The second-order valence-electron chi connectivity index (χ2n) is 4.81. The van der Waals surface area contributed by atoms with Gasteiger partial charge in [-0.15, -0.1) is 0 Å². The fourth-order valence-corrected chi connectivity index (χ4v) is 2.44. The first-order valence-electron chi connectivity index (χ1n) is 6.84. The molecule has 106 valence electrons. The number of carbonyl (C=O) groups is 2. The average Bonchev–Trinajstić information content (AvgIpc) is 2.78. The summed E-state index contributed by atoms with van der Waals surface area (Å²) in [6.45, 7) is 2.22. The molecule has 0 saturated heterocycles. The highest BCUT2D eigenvalue weighted by atomic mass is 16.2. The van der Waals surface area contributed by atoms with E-state index >= 15 is 0 Å². The summed E-state index contributed by atoms with van der Waals surface area (Å²) in [5.41, 5.74) is 2.87. The van der Waals surface area contributed by atoms with Crippen LogP contribution < -0.4 is 5.32 Å². The zero-order valence-electron chi connectivity index (χ0n) is 11.7. The van der Waals surface area contributed by atoms with Gasteiger partial charge in [0.25, 0.3) is 11.8 Å². The molecule has 2 amide bonds. The molecule has 21 heavy (non-hydrogen) atoms. The van der Waals surface area contributed by atoms with E-state index in [9.17, 15) is 9.59 Å². The Morgan fingerprint density at radius 2 is 1.86 bits per heavy atom. The molecule has 1 aliphatic rings. The van der Waals surface area contributed by atoms with E-state index in [1.807, 2.05) is 24.3 Å². The van der Waals surface area contributed by atoms with Gasteiger partial charge in [0.15, 0.2) is 0 Å². The van der Waals surface area contributed by atoms with Crippen LogP contribution in [0.4, 0.5) is 5.69 Å². The van der Waals surface area contributed by atoms with Crippen LogP contribution in [0.1, 0.15) is 33.2 Å². The van der Waals surface area contributed by atoms with Crippen LogP contribution in [-0.2, 0) is 6.42 Å². The number of rotatable bonds is 4. The maximum Gasteiger partial charge on any atom is 0.264 e. The Hall–Kier alpha value is -2.69. The first kappa shape index (κ1) is 13.3. The molecule has 0 radical (unpaired) electrons. The van der Waals surface area contributed by atoms with Gasteiger partial charge in [0.2, 0.25) is 0 Å². The number of carbonyl (C=O) groups excluding carboxylic acids is 2. The van der Waals surface area contributed by atoms with Crippen molar-refractivity contribution in [1.82, 2.24) is 9.88 Å². The van der Waals surface area contributed by atoms with Crippen LogP contribution in [-0.4, -0.2) is 28.4 Å². The summed E-state index contributed by atoms with van der Waals surface area (Å²) < 4.78 is 0. The normalized spacial score (nSPS) is 13.5. The summed E-state index contributed by atoms with van der Waals surface area (Å²) in [4.78, 5) is 29.5. The van der Waals surface area contributed by atoms with Crippen molar-refractivity contribution in [3.8, 4) is 0 Å². The Balaban J connectivity index is 1.78. The van der Waals surface area contributed by atoms with Crippen LogP contribution in [0.5, 0.6) is 0 Å². The van der Waals surface area contributed by atoms with E-state index in [1.54, 1.807) is 6.07 Å². The van der Waals surface area contributed by atoms with Gasteiger partial charge in [-0.25, -0.2) is 0 Å². The lowest BCUT2D eigenvalue weighted by atomic mass is 10.1. The van der Waals surface area contributed by atoms with Gasteiger partial charge < -0.3 is 5.32 Å². The molecule has 0 saturated carbocycles. The number of para-hydroxylation sites is 1. The third-order valence-electron chi connectivity index (χ3n) is 3.60. The summed E-state index contributed by atoms with van der Waals surface area (Å²) in [6, 6.07) is 9.44. The van der Waals surface area contributed by atoms with Crippen molar-refractivity contribution in [2.24, 2.45) is 0 Å². The third kappa shape index (κ3) is 2.27. The van der Waals surface area contributed by atoms with E-state index in [-0.39, 0.29) is 18.5 Å². The molecular formula is C16H15N3O2. The topological polar surface area (TPSA) is 62.3 Å². The predicted octanol–water partition coefficient (Wildman–Crippen LogP) is 2.31. The highest BCUT2D eigenvalue weighted by molar-refractivity contribution is 6.21. The fraction of sp³-hybridized carbons (Fsp3) is 0.188. The smallest absolute Gasteiger partial charge is 0.264 e. The predicted molar refractivity (Wildman–Crippen MR) is 79.0 cm³/mol. The number of fused-ring (bicyclic) bond motifs is 1. The number of hydrogen-bond acceptors (Lipinski definition) is 4. The summed E-state index contributed by atoms with van der Waals surface area (Å²) in [7, 11) is 0. The second kappa shape index (κ2) is 5.36. The molecule has 1 aliphatic heterocycles. The van der Waals surface area contributed by atoms with Crippen molar-refractivity contribution >= 4 is 17.5 Å². The number of aryl methyl sites for hydroxylation is 1. The lowest BCUT2D eigenvalue weighted by molar-refractivity contribution is 0.0665. The standard InChI is InChI=1S/C16H15N3O2/c1-2-11-5-3-4-6-14(11)18-10-19-15(20)12-7-8-17-9-13(12)16(19)21/h3-9,18H,2,10H2,1H3. The van der Waals surface area contributed by atoms with Crippen LogP contribution in [0.25, 0.3) is 0 Å². The monoisotopic (exact) mass is 281 g/mol. The van der Waals surface area contributed by atoms with E-state index in [4.69, 9.17) is 0 Å². The highest BCUT2D eigenvalue weighted by Crippen LogP contribution is 2.22. The van der Waals surface area contributed by atoms with Crippen LogP contribution in [0.15, 0.2) is 42.7 Å². The summed E-state index contributed by atoms with van der Waals surface area (Å²) in [6.07, 6.45) is 3.85. The van der Waals surface area contributed by atoms with Crippen LogP contribution >= 0.6 is 0 Å². The first-order chi connectivity index (χ1) is 10.2. The average molecular weight is 281 g/mol. The molecule has 0 atom stereocenters. The largest absolute Gasteiger partial charge is 0.367 e. The number of nitrogens with zero attached hydrogens (tertiary/aromatic N) is 2. The van der Waals surface area contributed by atoms with Gasteiger partial charge in [-0.05, 0) is 24.1 Å². The van der Waals surface area contributed by atoms with Crippen LogP contribution in [0, 0.1) is 0 Å². The molecule has 0 aliphatic carbocycles. The van der Waals surface area contributed by atoms with Gasteiger partial charge in [0.05, 0.1) is 17.8 Å². The Morgan fingerprint density at radius 1 is 1.10 bits per heavy atom. The maximum absolute atomic E-state index is 12.2. The molecule has 0 unspecified atom stereocenters. The molecule has 2 aromatic rings. The first-order valence-corrected chi connectivity index (χ1v) is 6.84. The molecule has 2 heterocycles. The van der Waals surface area contributed by atoms with E-state index < -0.39 is 0 Å². The maximum atomic E-state index is 12.2. The lowest BCUT2D eigenvalue weighted by Crippen LogP contribution is -2.34. The van der Waals surface area contributed by atoms with Gasteiger partial charge in [-0.3, -0.25) is 19.5 Å². The number of benzene rings is 1. The van der Waals surface area contributed by atoms with E-state index in [0.29, 0.717) is 11.1 Å². The molecule has 1 aromatic carbocycles. The second-order valence-corrected chi connectivity index (χ2v) is 4.81. The van der Waals surface area contributed by atoms with Gasteiger partial charge >= 0.3 is 0 Å². The van der Waals surface area contributed by atoms with Crippen molar-refractivity contribution in [1.29, 1.82) is 0 Å². The molecular weight excluding hydrogens is 266 g/mol. The lowest BCUT2D eigenvalue weighted by Gasteiger charge is -2.17. The number of amides is 2. The third-order valence-corrected chi connectivity index (χ3v) is 3.60. The zero-order valence-corrected chi connectivity index (χ0v) is 11.7. The molecule has 0 bridgehead atoms. The minimum Gasteiger partial charge on any atom is -0.367 e. The van der Waals surface area contributed by atoms with Crippen molar-refractivity contribution < 1.29 is 9.59 Å². The fourth-order valence-electron chi connectivity index (χ4n) is 2.44. The Kier molecular flexibility index (Phi) is 3.39. The SMILES string of the molecule is CCc1ccccc1NCN1C(=O)c2ccncc2C1=O. The zero-order chi connectivity index (χ0) is 14.8. The minimum atomic E-state index is -0.301. The number of nitrogens with one attached hydrogen (secondary N) is 1. The number of aromatic nitrogens is 1. The van der Waals surface area contributed by atoms with Crippen molar-refractivity contribution in [2.75, 3.05) is 12.0 Å². The summed E-state index contributed by atoms with van der Waals surface area (Å²) in [5, 5.41) is 3.17. The molecule has 1 N–H and O–H groups in total. The van der Waals surface area contributed by atoms with Gasteiger partial charge in [-0.2, -0.15) is 0 Å². The molecule has 5 heteroatoms. The quantitative estimate of drug-likeness (QED) is 0.874. The van der Waals surface area contributed by atoms with E-state index in [0.717, 1.165) is 17.7 Å². The van der Waals surface area contributed by atoms with Crippen LogP contribution in [0.3, 0.4) is 0 Å². The van der Waals surface area contributed by atoms with Gasteiger partial charge in [0.1, 0.15) is 0 Å². The molecule has 1 aromatic heterocycles. The van der Waals surface area contributed by atoms with Gasteiger partial charge in [-0.1, -0.05) is 25.1 Å². The molecule has 3 rings (SSSR count). The Bertz CT molecular complexity index is 677. The number of imide groups is 1. The number of anilines is 1. The van der Waals surface area contributed by atoms with E-state index in [1.165, 1.54) is 17.3 Å². The number of pyridine rings is 1. The molecule has 5 nitrogen and oxygen atoms in total. The van der Waals surface area contributed by atoms with Gasteiger partial charge in [0, 0.05) is 18.1 Å². The van der Waals surface area contributed by atoms with Crippen molar-refractivity contribution in [3.63, 3.8) is 0 Å². The van der Waals surface area contributed by atoms with E-state index in [2.05, 4.69) is 17.2 Å². The highest BCUT2D eigenvalue weighted by Gasteiger charge is 2.35. The van der Waals surface area contributed by atoms with Crippen LogP contribution in [0.2, 0.25) is 0 Å². The minimum absolute atomic E-state index is 0.156. The summed E-state index contributed by atoms with van der Waals surface area (Å²) >= 11 is 0. The Labute approximate surface area is 122 Å².